The van der Waals surface area contributed by atoms with Gasteiger partial charge in [-0.2, -0.15) is 5.26 Å². The second-order valence-corrected chi connectivity index (χ2v) is 6.22. The number of carbonyl (C=O) groups excluding carboxylic acids is 2. The fraction of sp³-hybridized carbons (Fsp3) is 0.500. The maximum Gasteiger partial charge on any atom is 0.225 e. The van der Waals surface area contributed by atoms with Crippen molar-refractivity contribution in [2.24, 2.45) is 5.92 Å². The van der Waals surface area contributed by atoms with Crippen LogP contribution in [0.1, 0.15) is 43.1 Å². The molecule has 0 aromatic heterocycles. The standard InChI is InChI=1S/C18H23N3O2/c1-13(2)18(23)21-8-4-7-20(9-10-21)17-11-15(14(3)22)5-6-16(17)12-19/h5-6,11,13H,4,7-10H2,1-3H3. The third-order valence-electron chi connectivity index (χ3n) is 4.17. The Morgan fingerprint density at radius 1 is 1.17 bits per heavy atom. The molecule has 1 aromatic carbocycles. The van der Waals surface area contributed by atoms with Crippen LogP contribution in [0.4, 0.5) is 5.69 Å². The first kappa shape index (κ1) is 17.0. The third-order valence-corrected chi connectivity index (χ3v) is 4.17. The number of nitrogens with zero attached hydrogens (tertiary/aromatic N) is 3. The molecule has 5 heteroatoms. The van der Waals surface area contributed by atoms with Crippen molar-refractivity contribution in [3.8, 4) is 6.07 Å². The molecular formula is C18H23N3O2. The first-order valence-electron chi connectivity index (χ1n) is 8.03. The van der Waals surface area contributed by atoms with Crippen LogP contribution in [-0.2, 0) is 4.79 Å². The average Bonchev–Trinajstić information content (AvgIpc) is 2.79. The van der Waals surface area contributed by atoms with Gasteiger partial charge in [0.05, 0.1) is 11.3 Å². The van der Waals surface area contributed by atoms with Crippen LogP contribution >= 0.6 is 0 Å². The Labute approximate surface area is 137 Å². The maximum absolute atomic E-state index is 12.2. The van der Waals surface area contributed by atoms with Crippen molar-refractivity contribution in [2.75, 3.05) is 31.1 Å². The molecule has 0 radical (unpaired) electrons. The van der Waals surface area contributed by atoms with Crippen molar-refractivity contribution in [1.29, 1.82) is 5.26 Å². The van der Waals surface area contributed by atoms with Crippen LogP contribution in [0.25, 0.3) is 0 Å². The highest BCUT2D eigenvalue weighted by Crippen LogP contribution is 2.24. The largest absolute Gasteiger partial charge is 0.369 e. The Bertz CT molecular complexity index is 646. The van der Waals surface area contributed by atoms with Crippen molar-refractivity contribution in [2.45, 2.75) is 27.2 Å². The molecule has 1 aliphatic heterocycles. The number of anilines is 1. The van der Waals surface area contributed by atoms with Crippen LogP contribution in [-0.4, -0.2) is 42.8 Å². The Morgan fingerprint density at radius 2 is 1.91 bits per heavy atom. The van der Waals surface area contributed by atoms with E-state index in [4.69, 9.17) is 0 Å². The van der Waals surface area contributed by atoms with Gasteiger partial charge >= 0.3 is 0 Å². The van der Waals surface area contributed by atoms with Gasteiger partial charge in [-0.1, -0.05) is 13.8 Å². The Hall–Kier alpha value is -2.35. The summed E-state index contributed by atoms with van der Waals surface area (Å²) >= 11 is 0. The minimum atomic E-state index is -0.0119. The summed E-state index contributed by atoms with van der Waals surface area (Å²) in [6, 6.07) is 7.38. The van der Waals surface area contributed by atoms with Crippen LogP contribution in [0.15, 0.2) is 18.2 Å². The highest BCUT2D eigenvalue weighted by Gasteiger charge is 2.22. The van der Waals surface area contributed by atoms with E-state index >= 15 is 0 Å². The van der Waals surface area contributed by atoms with Gasteiger partial charge in [0.2, 0.25) is 5.91 Å². The van der Waals surface area contributed by atoms with Gasteiger partial charge in [0.25, 0.3) is 0 Å². The van der Waals surface area contributed by atoms with Crippen molar-refractivity contribution in [1.82, 2.24) is 4.90 Å². The van der Waals surface area contributed by atoms with E-state index < -0.39 is 0 Å². The molecule has 122 valence electrons. The molecule has 0 N–H and O–H groups in total. The lowest BCUT2D eigenvalue weighted by atomic mass is 10.1. The molecule has 1 heterocycles. The van der Waals surface area contributed by atoms with E-state index in [0.29, 0.717) is 24.2 Å². The predicted molar refractivity (Wildman–Crippen MR) is 89.4 cm³/mol. The van der Waals surface area contributed by atoms with Gasteiger partial charge in [0.1, 0.15) is 6.07 Å². The summed E-state index contributed by atoms with van der Waals surface area (Å²) in [6.07, 6.45) is 0.855. The molecule has 0 unspecified atom stereocenters. The first-order chi connectivity index (χ1) is 10.9. The number of amides is 1. The molecule has 0 spiro atoms. The molecule has 1 fully saturated rings. The van der Waals surface area contributed by atoms with Crippen LogP contribution < -0.4 is 4.90 Å². The van der Waals surface area contributed by atoms with E-state index in [9.17, 15) is 14.9 Å². The third kappa shape index (κ3) is 3.89. The number of carbonyl (C=O) groups is 2. The smallest absolute Gasteiger partial charge is 0.225 e. The van der Waals surface area contributed by atoms with Gasteiger partial charge in [-0.3, -0.25) is 9.59 Å². The zero-order chi connectivity index (χ0) is 17.0. The van der Waals surface area contributed by atoms with Crippen LogP contribution in [0.3, 0.4) is 0 Å². The molecule has 23 heavy (non-hydrogen) atoms. The number of Topliss-reactive ketones (excluding diaryl/α,β-unsaturated/α-hetero) is 1. The topological polar surface area (TPSA) is 64.4 Å². The quantitative estimate of drug-likeness (QED) is 0.804. The lowest BCUT2D eigenvalue weighted by Crippen LogP contribution is -2.37. The van der Waals surface area contributed by atoms with E-state index in [1.54, 1.807) is 18.2 Å². The van der Waals surface area contributed by atoms with E-state index in [-0.39, 0.29) is 17.6 Å². The monoisotopic (exact) mass is 313 g/mol. The number of hydrogen-bond acceptors (Lipinski definition) is 4. The molecular weight excluding hydrogens is 290 g/mol. The summed E-state index contributed by atoms with van der Waals surface area (Å²) in [6.45, 7) is 8.18. The van der Waals surface area contributed by atoms with Gasteiger partial charge in [0, 0.05) is 37.7 Å². The molecule has 0 atom stereocenters. The number of hydrogen-bond donors (Lipinski definition) is 0. The lowest BCUT2D eigenvalue weighted by molar-refractivity contribution is -0.134. The van der Waals surface area contributed by atoms with Gasteiger partial charge in [0.15, 0.2) is 5.78 Å². The van der Waals surface area contributed by atoms with Crippen molar-refractivity contribution < 1.29 is 9.59 Å². The fourth-order valence-corrected chi connectivity index (χ4v) is 2.85. The maximum atomic E-state index is 12.2. The minimum Gasteiger partial charge on any atom is -0.369 e. The van der Waals surface area contributed by atoms with Crippen LogP contribution in [0, 0.1) is 17.2 Å². The average molecular weight is 313 g/mol. The van der Waals surface area contributed by atoms with E-state index in [1.165, 1.54) is 6.92 Å². The Morgan fingerprint density at radius 3 is 2.52 bits per heavy atom. The van der Waals surface area contributed by atoms with Gasteiger partial charge in [-0.25, -0.2) is 0 Å². The zero-order valence-electron chi connectivity index (χ0n) is 14.0. The number of rotatable bonds is 3. The van der Waals surface area contributed by atoms with Gasteiger partial charge in [-0.15, -0.1) is 0 Å². The molecule has 1 aromatic rings. The summed E-state index contributed by atoms with van der Waals surface area (Å²) in [4.78, 5) is 27.8. The van der Waals surface area contributed by atoms with E-state index in [0.717, 1.165) is 25.2 Å². The number of ketones is 1. The first-order valence-corrected chi connectivity index (χ1v) is 8.03. The highest BCUT2D eigenvalue weighted by molar-refractivity contribution is 5.95. The molecule has 5 nitrogen and oxygen atoms in total. The van der Waals surface area contributed by atoms with Crippen LogP contribution in [0.5, 0.6) is 0 Å². The lowest BCUT2D eigenvalue weighted by Gasteiger charge is -2.25. The summed E-state index contributed by atoms with van der Waals surface area (Å²) in [7, 11) is 0. The Balaban J connectivity index is 2.22. The normalized spacial score (nSPS) is 15.3. The van der Waals surface area contributed by atoms with Gasteiger partial charge < -0.3 is 9.80 Å². The van der Waals surface area contributed by atoms with Gasteiger partial charge in [-0.05, 0) is 31.5 Å². The second-order valence-electron chi connectivity index (χ2n) is 6.22. The SMILES string of the molecule is CC(=O)c1ccc(C#N)c(N2CCCN(C(=O)C(C)C)CC2)c1. The zero-order valence-corrected chi connectivity index (χ0v) is 14.0. The number of benzene rings is 1. The van der Waals surface area contributed by atoms with Crippen molar-refractivity contribution in [3.63, 3.8) is 0 Å². The fourth-order valence-electron chi connectivity index (χ4n) is 2.85. The molecule has 1 amide bonds. The molecule has 0 bridgehead atoms. The molecule has 0 aliphatic carbocycles. The molecule has 2 rings (SSSR count). The van der Waals surface area contributed by atoms with E-state index in [2.05, 4.69) is 11.0 Å². The summed E-state index contributed by atoms with van der Waals surface area (Å²) in [5.74, 6) is 0.157. The molecule has 1 aliphatic rings. The molecule has 1 saturated heterocycles. The van der Waals surface area contributed by atoms with Crippen molar-refractivity contribution in [3.05, 3.63) is 29.3 Å². The Kier molecular flexibility index (Phi) is 5.38. The minimum absolute atomic E-state index is 0.00254. The predicted octanol–water partition coefficient (Wildman–Crippen LogP) is 2.46. The second kappa shape index (κ2) is 7.28. The summed E-state index contributed by atoms with van der Waals surface area (Å²) < 4.78 is 0. The van der Waals surface area contributed by atoms with Crippen molar-refractivity contribution >= 4 is 17.4 Å². The number of nitriles is 1. The van der Waals surface area contributed by atoms with Crippen LogP contribution in [0.2, 0.25) is 0 Å². The summed E-state index contributed by atoms with van der Waals surface area (Å²) in [5.41, 5.74) is 1.97. The molecule has 0 saturated carbocycles. The van der Waals surface area contributed by atoms with E-state index in [1.807, 2.05) is 18.7 Å². The highest BCUT2D eigenvalue weighted by atomic mass is 16.2. The summed E-state index contributed by atoms with van der Waals surface area (Å²) in [5, 5.41) is 9.34.